The smallest absolute Gasteiger partial charge is 0.329 e. The minimum atomic E-state index is -1.18. The van der Waals surface area contributed by atoms with Crippen molar-refractivity contribution in [2.45, 2.75) is 44.7 Å². The lowest BCUT2D eigenvalue weighted by molar-refractivity contribution is -0.148. The van der Waals surface area contributed by atoms with Crippen LogP contribution in [0.15, 0.2) is 0 Å². The molecule has 6 nitrogen and oxygen atoms in total. The normalized spacial score (nSPS) is 28.2. The fourth-order valence-corrected chi connectivity index (χ4v) is 2.24. The predicted molar refractivity (Wildman–Crippen MR) is 64.3 cm³/mol. The van der Waals surface area contributed by atoms with Crippen molar-refractivity contribution in [3.05, 3.63) is 0 Å². The van der Waals surface area contributed by atoms with E-state index in [-0.39, 0.29) is 11.5 Å². The molecule has 1 aliphatic carbocycles. The van der Waals surface area contributed by atoms with Gasteiger partial charge in [-0.25, -0.2) is 9.59 Å². The summed E-state index contributed by atoms with van der Waals surface area (Å²) >= 11 is 0. The van der Waals surface area contributed by atoms with Gasteiger partial charge in [-0.2, -0.15) is 0 Å². The molecule has 2 amide bonds. The fraction of sp³-hybridized carbons (Fsp3) is 0.833. The van der Waals surface area contributed by atoms with Crippen LogP contribution in [0.3, 0.4) is 0 Å². The van der Waals surface area contributed by atoms with Crippen molar-refractivity contribution < 1.29 is 19.4 Å². The summed E-state index contributed by atoms with van der Waals surface area (Å²) in [5.74, 6) is -0.990. The number of aliphatic carboxylic acids is 1. The van der Waals surface area contributed by atoms with Crippen molar-refractivity contribution in [2.24, 2.45) is 5.41 Å². The number of amides is 2. The molecule has 2 aliphatic rings. The number of carboxylic acids is 1. The van der Waals surface area contributed by atoms with E-state index in [2.05, 4.69) is 24.5 Å². The fourth-order valence-electron chi connectivity index (χ4n) is 2.24. The van der Waals surface area contributed by atoms with E-state index in [0.29, 0.717) is 26.1 Å². The van der Waals surface area contributed by atoms with Gasteiger partial charge < -0.3 is 20.5 Å². The summed E-state index contributed by atoms with van der Waals surface area (Å²) in [4.78, 5) is 23.2. The molecular formula is C12H20N2O4. The summed E-state index contributed by atoms with van der Waals surface area (Å²) in [5, 5.41) is 14.7. The zero-order chi connectivity index (χ0) is 13.4. The number of carbonyl (C=O) groups is 2. The number of hydrogen-bond donors (Lipinski definition) is 3. The van der Waals surface area contributed by atoms with Crippen molar-refractivity contribution in [3.63, 3.8) is 0 Å². The lowest BCUT2D eigenvalue weighted by atomic mass is 9.90. The number of rotatable bonds is 3. The zero-order valence-corrected chi connectivity index (χ0v) is 10.8. The molecule has 102 valence electrons. The number of nitrogens with one attached hydrogen (secondary N) is 2. The first kappa shape index (κ1) is 13.1. The summed E-state index contributed by atoms with van der Waals surface area (Å²) in [6.45, 7) is 4.86. The molecule has 2 rings (SSSR count). The van der Waals surface area contributed by atoms with E-state index in [1.54, 1.807) is 0 Å². The van der Waals surface area contributed by atoms with Crippen LogP contribution >= 0.6 is 0 Å². The van der Waals surface area contributed by atoms with Gasteiger partial charge in [-0.1, -0.05) is 13.8 Å². The standard InChI is InChI=1S/C12H20N2O4/c1-11(2)7-8(11)13-10(17)14-12(9(15)16)3-5-18-6-4-12/h8H,3-7H2,1-2H3,(H,15,16)(H2,13,14,17). The highest BCUT2D eigenvalue weighted by Crippen LogP contribution is 2.44. The van der Waals surface area contributed by atoms with Gasteiger partial charge in [0.15, 0.2) is 0 Å². The van der Waals surface area contributed by atoms with Crippen LogP contribution in [0.5, 0.6) is 0 Å². The predicted octanol–water partition coefficient (Wildman–Crippen LogP) is 0.718. The molecule has 1 unspecified atom stereocenters. The number of hydrogen-bond acceptors (Lipinski definition) is 3. The highest BCUT2D eigenvalue weighted by molar-refractivity contribution is 5.86. The average Bonchev–Trinajstić information content (AvgIpc) is 2.86. The van der Waals surface area contributed by atoms with E-state index in [1.807, 2.05) is 0 Å². The van der Waals surface area contributed by atoms with E-state index in [1.165, 1.54) is 0 Å². The Bertz CT molecular complexity index is 361. The van der Waals surface area contributed by atoms with Crippen LogP contribution in [-0.2, 0) is 9.53 Å². The molecule has 0 aromatic carbocycles. The van der Waals surface area contributed by atoms with Crippen LogP contribution in [-0.4, -0.2) is 41.9 Å². The average molecular weight is 256 g/mol. The summed E-state index contributed by atoms with van der Waals surface area (Å²) < 4.78 is 5.15. The van der Waals surface area contributed by atoms with E-state index >= 15 is 0 Å². The molecule has 6 heteroatoms. The van der Waals surface area contributed by atoms with Crippen LogP contribution < -0.4 is 10.6 Å². The van der Waals surface area contributed by atoms with E-state index in [4.69, 9.17) is 4.74 Å². The molecule has 3 N–H and O–H groups in total. The second-order valence-electron chi connectivity index (χ2n) is 5.84. The minimum absolute atomic E-state index is 0.128. The number of urea groups is 1. The summed E-state index contributed by atoms with van der Waals surface area (Å²) in [6, 6.07) is -0.252. The van der Waals surface area contributed by atoms with Crippen LogP contribution in [0.4, 0.5) is 4.79 Å². The molecule has 0 aromatic heterocycles. The highest BCUT2D eigenvalue weighted by Gasteiger charge is 2.48. The first-order chi connectivity index (χ1) is 8.36. The van der Waals surface area contributed by atoms with Gasteiger partial charge in [-0.15, -0.1) is 0 Å². The van der Waals surface area contributed by atoms with Crippen LogP contribution in [0.1, 0.15) is 33.1 Å². The first-order valence-corrected chi connectivity index (χ1v) is 6.26. The molecule has 0 bridgehead atoms. The molecule has 18 heavy (non-hydrogen) atoms. The topological polar surface area (TPSA) is 87.7 Å². The van der Waals surface area contributed by atoms with Gasteiger partial charge in [0, 0.05) is 32.1 Å². The number of carboxylic acid groups (broad SMARTS) is 1. The third kappa shape index (κ3) is 2.58. The summed E-state index contributed by atoms with van der Waals surface area (Å²) in [5.41, 5.74) is -1.05. The molecule has 1 aliphatic heterocycles. The second kappa shape index (κ2) is 4.42. The Morgan fingerprint density at radius 1 is 1.28 bits per heavy atom. The first-order valence-electron chi connectivity index (χ1n) is 6.26. The molecule has 2 fully saturated rings. The van der Waals surface area contributed by atoms with Gasteiger partial charge >= 0.3 is 12.0 Å². The molecule has 0 spiro atoms. The molecule has 0 aromatic rings. The monoisotopic (exact) mass is 256 g/mol. The van der Waals surface area contributed by atoms with Gasteiger partial charge in [0.2, 0.25) is 0 Å². The van der Waals surface area contributed by atoms with Gasteiger partial charge in [0.25, 0.3) is 0 Å². The molecular weight excluding hydrogens is 236 g/mol. The third-order valence-electron chi connectivity index (χ3n) is 3.93. The second-order valence-corrected chi connectivity index (χ2v) is 5.84. The maximum Gasteiger partial charge on any atom is 0.329 e. The number of carbonyl (C=O) groups excluding carboxylic acids is 1. The van der Waals surface area contributed by atoms with Gasteiger partial charge in [-0.3, -0.25) is 0 Å². The molecule has 1 saturated carbocycles. The Morgan fingerprint density at radius 2 is 1.83 bits per heavy atom. The largest absolute Gasteiger partial charge is 0.480 e. The minimum Gasteiger partial charge on any atom is -0.480 e. The van der Waals surface area contributed by atoms with Crippen LogP contribution in [0.2, 0.25) is 0 Å². The quantitative estimate of drug-likeness (QED) is 0.694. The third-order valence-corrected chi connectivity index (χ3v) is 3.93. The van der Waals surface area contributed by atoms with Gasteiger partial charge in [0.05, 0.1) is 0 Å². The van der Waals surface area contributed by atoms with Crippen molar-refractivity contribution in [3.8, 4) is 0 Å². The maximum atomic E-state index is 11.8. The van der Waals surface area contributed by atoms with Gasteiger partial charge in [-0.05, 0) is 11.8 Å². The summed E-state index contributed by atoms with van der Waals surface area (Å²) in [7, 11) is 0. The van der Waals surface area contributed by atoms with Crippen molar-refractivity contribution in [1.82, 2.24) is 10.6 Å². The van der Waals surface area contributed by atoms with E-state index < -0.39 is 17.5 Å². The van der Waals surface area contributed by atoms with Gasteiger partial charge in [0.1, 0.15) is 5.54 Å². The Morgan fingerprint density at radius 3 is 2.28 bits per heavy atom. The highest BCUT2D eigenvalue weighted by atomic mass is 16.5. The van der Waals surface area contributed by atoms with Crippen LogP contribution in [0.25, 0.3) is 0 Å². The lowest BCUT2D eigenvalue weighted by Crippen LogP contribution is -2.60. The SMILES string of the molecule is CC1(C)CC1NC(=O)NC1(C(=O)O)CCOCC1. The van der Waals surface area contributed by atoms with E-state index in [0.717, 1.165) is 6.42 Å². The Kier molecular flexibility index (Phi) is 3.23. The van der Waals surface area contributed by atoms with Crippen molar-refractivity contribution in [1.29, 1.82) is 0 Å². The lowest BCUT2D eigenvalue weighted by Gasteiger charge is -2.33. The van der Waals surface area contributed by atoms with E-state index in [9.17, 15) is 14.7 Å². The van der Waals surface area contributed by atoms with Crippen molar-refractivity contribution in [2.75, 3.05) is 13.2 Å². The summed E-state index contributed by atoms with van der Waals surface area (Å²) in [6.07, 6.45) is 1.55. The van der Waals surface area contributed by atoms with Crippen LogP contribution in [0, 0.1) is 5.41 Å². The van der Waals surface area contributed by atoms with Crippen molar-refractivity contribution >= 4 is 12.0 Å². The molecule has 1 heterocycles. The Labute approximate surface area is 106 Å². The molecule has 0 radical (unpaired) electrons. The molecule has 1 saturated heterocycles. The zero-order valence-electron chi connectivity index (χ0n) is 10.8. The number of ether oxygens (including phenoxy) is 1. The Balaban J connectivity index is 1.93. The Hall–Kier alpha value is -1.30. The maximum absolute atomic E-state index is 11.8. The molecule has 1 atom stereocenters.